The molecule has 118 valence electrons. The zero-order valence-electron chi connectivity index (χ0n) is 14.4. The van der Waals surface area contributed by atoms with Gasteiger partial charge in [-0.05, 0) is 55.7 Å². The molecule has 0 saturated heterocycles. The lowest BCUT2D eigenvalue weighted by Crippen LogP contribution is -2.38. The summed E-state index contributed by atoms with van der Waals surface area (Å²) in [5.41, 5.74) is 4.31. The maximum Gasteiger partial charge on any atom is 0.151 e. The highest BCUT2D eigenvalue weighted by Gasteiger charge is 2.36. The van der Waals surface area contributed by atoms with Crippen molar-refractivity contribution >= 4 is 13.9 Å². The summed E-state index contributed by atoms with van der Waals surface area (Å²) in [4.78, 5) is 3.86. The van der Waals surface area contributed by atoms with E-state index in [1.807, 2.05) is 0 Å². The number of hydrogen-bond acceptors (Lipinski definition) is 1. The zero-order chi connectivity index (χ0) is 15.7. The molecule has 2 unspecified atom stereocenters. The fourth-order valence-electron chi connectivity index (χ4n) is 4.19. The first-order valence-electron chi connectivity index (χ1n) is 8.65. The Bertz CT molecular complexity index is 582. The van der Waals surface area contributed by atoms with Crippen molar-refractivity contribution in [1.29, 1.82) is 0 Å². The van der Waals surface area contributed by atoms with Crippen molar-refractivity contribution in [3.8, 4) is 0 Å². The molecular formula is C20H29NSi. The molecule has 0 spiro atoms. The molecule has 0 amide bonds. The third kappa shape index (κ3) is 3.54. The van der Waals surface area contributed by atoms with E-state index in [1.165, 1.54) is 30.1 Å². The van der Waals surface area contributed by atoms with Crippen molar-refractivity contribution in [2.75, 3.05) is 4.98 Å². The third-order valence-corrected chi connectivity index (χ3v) is 7.43. The SMILES string of the molecule is Cc1ccc(N[Si](C)(C)CC2=CC=CC3C[C@H](C)CC23)cc1. The first-order valence-corrected chi connectivity index (χ1v) is 11.9. The van der Waals surface area contributed by atoms with E-state index in [9.17, 15) is 0 Å². The van der Waals surface area contributed by atoms with Crippen molar-refractivity contribution in [3.63, 3.8) is 0 Å². The summed E-state index contributed by atoms with van der Waals surface area (Å²) >= 11 is 0. The fourth-order valence-corrected chi connectivity index (χ4v) is 6.63. The van der Waals surface area contributed by atoms with Crippen LogP contribution in [-0.4, -0.2) is 8.24 Å². The summed E-state index contributed by atoms with van der Waals surface area (Å²) in [5, 5.41) is 0. The average molecular weight is 312 g/mol. The largest absolute Gasteiger partial charge is 0.410 e. The van der Waals surface area contributed by atoms with E-state index in [1.54, 1.807) is 5.57 Å². The van der Waals surface area contributed by atoms with Gasteiger partial charge in [0, 0.05) is 5.69 Å². The van der Waals surface area contributed by atoms with Crippen LogP contribution in [-0.2, 0) is 0 Å². The van der Waals surface area contributed by atoms with Gasteiger partial charge < -0.3 is 4.98 Å². The lowest BCUT2D eigenvalue weighted by Gasteiger charge is -2.31. The van der Waals surface area contributed by atoms with Gasteiger partial charge in [0.1, 0.15) is 0 Å². The van der Waals surface area contributed by atoms with E-state index in [2.05, 4.69) is 74.4 Å². The van der Waals surface area contributed by atoms with Crippen molar-refractivity contribution in [3.05, 3.63) is 53.6 Å². The monoisotopic (exact) mass is 311 g/mol. The molecule has 22 heavy (non-hydrogen) atoms. The normalized spacial score (nSPS) is 27.5. The molecule has 2 aliphatic rings. The van der Waals surface area contributed by atoms with Crippen molar-refractivity contribution in [2.45, 2.75) is 45.8 Å². The van der Waals surface area contributed by atoms with Gasteiger partial charge in [-0.25, -0.2) is 0 Å². The number of allylic oxidation sites excluding steroid dienone is 4. The minimum absolute atomic E-state index is 0.805. The standard InChI is InChI=1S/C20H29NSi/c1-15-8-10-19(11-9-15)21-22(3,4)14-18-7-5-6-17-12-16(2)13-20(17)18/h5-11,16-17,20-21H,12-14H2,1-4H3/t16-,17?,20?/m0/s1. The number of anilines is 1. The molecule has 1 N–H and O–H groups in total. The maximum absolute atomic E-state index is 3.86. The van der Waals surface area contributed by atoms with Crippen LogP contribution in [0.1, 0.15) is 25.3 Å². The Hall–Kier alpha value is -1.28. The molecule has 1 aromatic carbocycles. The molecule has 1 saturated carbocycles. The topological polar surface area (TPSA) is 12.0 Å². The van der Waals surface area contributed by atoms with Gasteiger partial charge in [-0.15, -0.1) is 0 Å². The Morgan fingerprint density at radius 2 is 1.86 bits per heavy atom. The predicted octanol–water partition coefficient (Wildman–Crippen LogP) is 5.77. The van der Waals surface area contributed by atoms with Crippen LogP contribution in [0.2, 0.25) is 19.1 Å². The lowest BCUT2D eigenvalue weighted by atomic mass is 9.86. The quantitative estimate of drug-likeness (QED) is 0.696. The Kier molecular flexibility index (Phi) is 4.31. The van der Waals surface area contributed by atoms with Crippen molar-refractivity contribution in [1.82, 2.24) is 0 Å². The number of hydrogen-bond donors (Lipinski definition) is 1. The first kappa shape index (κ1) is 15.6. The molecule has 2 heteroatoms. The highest BCUT2D eigenvalue weighted by molar-refractivity contribution is 6.80. The fraction of sp³-hybridized carbons (Fsp3) is 0.500. The number of nitrogens with one attached hydrogen (secondary N) is 1. The van der Waals surface area contributed by atoms with Crippen LogP contribution < -0.4 is 4.98 Å². The number of rotatable bonds is 4. The van der Waals surface area contributed by atoms with Crippen LogP contribution in [0.3, 0.4) is 0 Å². The smallest absolute Gasteiger partial charge is 0.151 e. The molecule has 0 radical (unpaired) electrons. The second-order valence-corrected chi connectivity index (χ2v) is 12.4. The van der Waals surface area contributed by atoms with Crippen LogP contribution >= 0.6 is 0 Å². The predicted molar refractivity (Wildman–Crippen MR) is 99.7 cm³/mol. The summed E-state index contributed by atoms with van der Waals surface area (Å²) in [6, 6.07) is 10.1. The highest BCUT2D eigenvalue weighted by atomic mass is 28.3. The van der Waals surface area contributed by atoms with Gasteiger partial charge in [-0.1, -0.05) is 61.5 Å². The first-order chi connectivity index (χ1) is 10.4. The number of aryl methyl sites for hydroxylation is 1. The van der Waals surface area contributed by atoms with Gasteiger partial charge >= 0.3 is 0 Å². The summed E-state index contributed by atoms with van der Waals surface area (Å²) < 4.78 is 0. The number of benzene rings is 1. The van der Waals surface area contributed by atoms with Crippen LogP contribution in [0.4, 0.5) is 5.69 Å². The molecule has 2 aliphatic carbocycles. The van der Waals surface area contributed by atoms with E-state index >= 15 is 0 Å². The van der Waals surface area contributed by atoms with E-state index < -0.39 is 8.24 Å². The van der Waals surface area contributed by atoms with Crippen molar-refractivity contribution < 1.29 is 0 Å². The van der Waals surface area contributed by atoms with Gasteiger partial charge in [-0.2, -0.15) is 0 Å². The number of fused-ring (bicyclic) bond motifs is 1. The molecule has 3 rings (SSSR count). The van der Waals surface area contributed by atoms with Gasteiger partial charge in [0.2, 0.25) is 0 Å². The molecule has 0 aromatic heterocycles. The maximum atomic E-state index is 3.86. The summed E-state index contributed by atoms with van der Waals surface area (Å²) in [6.45, 7) is 9.47. The van der Waals surface area contributed by atoms with Crippen LogP contribution in [0.5, 0.6) is 0 Å². The second kappa shape index (κ2) is 6.08. The Morgan fingerprint density at radius 3 is 2.59 bits per heavy atom. The minimum atomic E-state index is -1.48. The Morgan fingerprint density at radius 1 is 1.14 bits per heavy atom. The third-order valence-electron chi connectivity index (χ3n) is 5.17. The molecule has 1 fully saturated rings. The summed E-state index contributed by atoms with van der Waals surface area (Å²) in [7, 11) is -1.48. The van der Waals surface area contributed by atoms with E-state index in [4.69, 9.17) is 0 Å². The molecular weight excluding hydrogens is 282 g/mol. The van der Waals surface area contributed by atoms with Gasteiger partial charge in [0.05, 0.1) is 0 Å². The Balaban J connectivity index is 1.69. The van der Waals surface area contributed by atoms with Crippen LogP contribution in [0.25, 0.3) is 0 Å². The summed E-state index contributed by atoms with van der Waals surface area (Å²) in [5.74, 6) is 2.50. The minimum Gasteiger partial charge on any atom is -0.410 e. The summed E-state index contributed by atoms with van der Waals surface area (Å²) in [6.07, 6.45) is 9.93. The molecule has 0 heterocycles. The molecule has 0 aliphatic heterocycles. The Labute approximate surface area is 136 Å². The van der Waals surface area contributed by atoms with E-state index in [-0.39, 0.29) is 0 Å². The van der Waals surface area contributed by atoms with Crippen molar-refractivity contribution in [2.24, 2.45) is 17.8 Å². The van der Waals surface area contributed by atoms with Gasteiger partial charge in [-0.3, -0.25) is 0 Å². The van der Waals surface area contributed by atoms with E-state index in [0.717, 1.165) is 17.8 Å². The molecule has 3 atom stereocenters. The molecule has 1 aromatic rings. The second-order valence-electron chi connectivity index (χ2n) is 8.03. The van der Waals surface area contributed by atoms with Gasteiger partial charge in [0.25, 0.3) is 0 Å². The van der Waals surface area contributed by atoms with Crippen LogP contribution in [0.15, 0.2) is 48.1 Å². The molecule has 1 nitrogen and oxygen atoms in total. The highest BCUT2D eigenvalue weighted by Crippen LogP contribution is 2.45. The lowest BCUT2D eigenvalue weighted by molar-refractivity contribution is 0.520. The van der Waals surface area contributed by atoms with Crippen LogP contribution in [0, 0.1) is 24.7 Å². The zero-order valence-corrected chi connectivity index (χ0v) is 15.4. The average Bonchev–Trinajstić information content (AvgIpc) is 2.82. The van der Waals surface area contributed by atoms with E-state index in [0.29, 0.717) is 0 Å². The van der Waals surface area contributed by atoms with Gasteiger partial charge in [0.15, 0.2) is 8.24 Å². The molecule has 0 bridgehead atoms.